The lowest BCUT2D eigenvalue weighted by Crippen LogP contribution is -2.12. The van der Waals surface area contributed by atoms with Crippen molar-refractivity contribution in [3.05, 3.63) is 54.1 Å². The fourth-order valence-electron chi connectivity index (χ4n) is 2.05. The standard InChI is InChI=1S/C19H24N2O3/c1-2-3-13-23-17-8-4-15(5-9-17)19(22)21-16-6-10-18(11-7-16)24-14-12-20/h4-11H,2-3,12-14,20H2,1H3,(H,21,22). The van der Waals surface area contributed by atoms with Gasteiger partial charge in [0, 0.05) is 17.8 Å². The van der Waals surface area contributed by atoms with Crippen molar-refractivity contribution in [2.45, 2.75) is 19.8 Å². The highest BCUT2D eigenvalue weighted by molar-refractivity contribution is 6.04. The fourth-order valence-corrected chi connectivity index (χ4v) is 2.05. The molecule has 0 saturated heterocycles. The van der Waals surface area contributed by atoms with E-state index >= 15 is 0 Å². The Balaban J connectivity index is 1.89. The van der Waals surface area contributed by atoms with Crippen LogP contribution in [0.2, 0.25) is 0 Å². The van der Waals surface area contributed by atoms with Crippen molar-refractivity contribution in [1.82, 2.24) is 0 Å². The summed E-state index contributed by atoms with van der Waals surface area (Å²) < 4.78 is 11.0. The van der Waals surface area contributed by atoms with Crippen LogP contribution in [-0.2, 0) is 0 Å². The Hall–Kier alpha value is -2.53. The maximum atomic E-state index is 12.2. The van der Waals surface area contributed by atoms with Crippen molar-refractivity contribution >= 4 is 11.6 Å². The molecule has 0 atom stereocenters. The van der Waals surface area contributed by atoms with Crippen molar-refractivity contribution in [1.29, 1.82) is 0 Å². The molecule has 0 unspecified atom stereocenters. The van der Waals surface area contributed by atoms with Gasteiger partial charge in [-0.3, -0.25) is 4.79 Å². The Morgan fingerprint density at radius 2 is 1.54 bits per heavy atom. The highest BCUT2D eigenvalue weighted by Gasteiger charge is 2.06. The number of ether oxygens (including phenoxy) is 2. The van der Waals surface area contributed by atoms with E-state index in [1.165, 1.54) is 0 Å². The summed E-state index contributed by atoms with van der Waals surface area (Å²) in [6.07, 6.45) is 2.11. The van der Waals surface area contributed by atoms with Crippen LogP contribution in [0.4, 0.5) is 5.69 Å². The van der Waals surface area contributed by atoms with E-state index in [-0.39, 0.29) is 5.91 Å². The molecule has 2 rings (SSSR count). The van der Waals surface area contributed by atoms with Gasteiger partial charge in [-0.2, -0.15) is 0 Å². The molecule has 0 spiro atoms. The van der Waals surface area contributed by atoms with Gasteiger partial charge in [0.05, 0.1) is 6.61 Å². The normalized spacial score (nSPS) is 10.2. The Kier molecular flexibility index (Phi) is 7.11. The molecule has 1 amide bonds. The number of nitrogens with two attached hydrogens (primary N) is 1. The van der Waals surface area contributed by atoms with Gasteiger partial charge in [-0.05, 0) is 55.0 Å². The molecule has 0 heterocycles. The molecule has 0 radical (unpaired) electrons. The number of hydrogen-bond donors (Lipinski definition) is 2. The van der Waals surface area contributed by atoms with Crippen LogP contribution in [-0.4, -0.2) is 25.7 Å². The van der Waals surface area contributed by atoms with Crippen molar-refractivity contribution < 1.29 is 14.3 Å². The number of hydrogen-bond acceptors (Lipinski definition) is 4. The van der Waals surface area contributed by atoms with Crippen LogP contribution in [0.3, 0.4) is 0 Å². The summed E-state index contributed by atoms with van der Waals surface area (Å²) in [7, 11) is 0. The molecular formula is C19H24N2O3. The number of unbranched alkanes of at least 4 members (excludes halogenated alkanes) is 1. The lowest BCUT2D eigenvalue weighted by atomic mass is 10.2. The third-order valence-corrected chi connectivity index (χ3v) is 3.38. The second-order valence-corrected chi connectivity index (χ2v) is 5.34. The monoisotopic (exact) mass is 328 g/mol. The first-order chi connectivity index (χ1) is 11.7. The van der Waals surface area contributed by atoms with Gasteiger partial charge in [0.2, 0.25) is 0 Å². The van der Waals surface area contributed by atoms with Gasteiger partial charge in [-0.15, -0.1) is 0 Å². The average Bonchev–Trinajstić information content (AvgIpc) is 2.62. The van der Waals surface area contributed by atoms with E-state index in [4.69, 9.17) is 15.2 Å². The Labute approximate surface area is 142 Å². The highest BCUT2D eigenvalue weighted by atomic mass is 16.5. The van der Waals surface area contributed by atoms with Crippen LogP contribution in [0, 0.1) is 0 Å². The summed E-state index contributed by atoms with van der Waals surface area (Å²) in [5.41, 5.74) is 6.69. The van der Waals surface area contributed by atoms with Crippen molar-refractivity contribution in [2.75, 3.05) is 25.1 Å². The number of amides is 1. The van der Waals surface area contributed by atoms with Crippen LogP contribution in [0.25, 0.3) is 0 Å². The second kappa shape index (κ2) is 9.57. The number of anilines is 1. The van der Waals surface area contributed by atoms with Gasteiger partial charge in [0.25, 0.3) is 5.91 Å². The SMILES string of the molecule is CCCCOc1ccc(C(=O)Nc2ccc(OCCN)cc2)cc1. The van der Waals surface area contributed by atoms with E-state index < -0.39 is 0 Å². The molecule has 24 heavy (non-hydrogen) atoms. The van der Waals surface area contributed by atoms with Crippen molar-refractivity contribution in [3.8, 4) is 11.5 Å². The molecule has 3 N–H and O–H groups in total. The van der Waals surface area contributed by atoms with Gasteiger partial charge in [0.15, 0.2) is 0 Å². The maximum Gasteiger partial charge on any atom is 0.255 e. The smallest absolute Gasteiger partial charge is 0.255 e. The highest BCUT2D eigenvalue weighted by Crippen LogP contribution is 2.17. The molecule has 0 aliphatic rings. The van der Waals surface area contributed by atoms with Gasteiger partial charge in [0.1, 0.15) is 18.1 Å². The second-order valence-electron chi connectivity index (χ2n) is 5.34. The van der Waals surface area contributed by atoms with Crippen molar-refractivity contribution in [2.24, 2.45) is 5.73 Å². The third kappa shape index (κ3) is 5.59. The first-order valence-electron chi connectivity index (χ1n) is 8.20. The zero-order valence-corrected chi connectivity index (χ0v) is 14.0. The lowest BCUT2D eigenvalue weighted by molar-refractivity contribution is 0.102. The lowest BCUT2D eigenvalue weighted by Gasteiger charge is -2.09. The molecule has 0 bridgehead atoms. The number of benzene rings is 2. The minimum Gasteiger partial charge on any atom is -0.494 e. The van der Waals surface area contributed by atoms with Crippen LogP contribution in [0.1, 0.15) is 30.1 Å². The van der Waals surface area contributed by atoms with Crippen LogP contribution >= 0.6 is 0 Å². The van der Waals surface area contributed by atoms with Crippen LogP contribution < -0.4 is 20.5 Å². The zero-order chi connectivity index (χ0) is 17.2. The summed E-state index contributed by atoms with van der Waals surface area (Å²) in [5, 5.41) is 2.85. The largest absolute Gasteiger partial charge is 0.494 e. The van der Waals surface area contributed by atoms with Gasteiger partial charge in [-0.1, -0.05) is 13.3 Å². The van der Waals surface area contributed by atoms with E-state index in [0.29, 0.717) is 31.0 Å². The van der Waals surface area contributed by atoms with Crippen LogP contribution in [0.15, 0.2) is 48.5 Å². The molecule has 5 heteroatoms. The number of carbonyl (C=O) groups is 1. The maximum absolute atomic E-state index is 12.2. The summed E-state index contributed by atoms with van der Waals surface area (Å²) in [4.78, 5) is 12.2. The third-order valence-electron chi connectivity index (χ3n) is 3.38. The van der Waals surface area contributed by atoms with E-state index in [1.54, 1.807) is 36.4 Å². The predicted molar refractivity (Wildman–Crippen MR) is 95.8 cm³/mol. The predicted octanol–water partition coefficient (Wildman–Crippen LogP) is 3.46. The Morgan fingerprint density at radius 1 is 0.958 bits per heavy atom. The molecule has 2 aromatic carbocycles. The minimum absolute atomic E-state index is 0.161. The van der Waals surface area contributed by atoms with E-state index in [2.05, 4.69) is 12.2 Å². The first-order valence-corrected chi connectivity index (χ1v) is 8.20. The van der Waals surface area contributed by atoms with E-state index in [0.717, 1.165) is 24.3 Å². The van der Waals surface area contributed by atoms with Crippen LogP contribution in [0.5, 0.6) is 11.5 Å². The molecule has 2 aromatic rings. The number of rotatable bonds is 9. The molecule has 0 aromatic heterocycles. The topological polar surface area (TPSA) is 73.6 Å². The summed E-state index contributed by atoms with van der Waals surface area (Å²) in [6.45, 7) is 3.75. The van der Waals surface area contributed by atoms with Gasteiger partial charge < -0.3 is 20.5 Å². The zero-order valence-electron chi connectivity index (χ0n) is 14.0. The summed E-state index contributed by atoms with van der Waals surface area (Å²) in [5.74, 6) is 1.35. The molecule has 0 aliphatic heterocycles. The van der Waals surface area contributed by atoms with Gasteiger partial charge in [-0.25, -0.2) is 0 Å². The molecule has 0 aliphatic carbocycles. The quantitative estimate of drug-likeness (QED) is 0.691. The Bertz CT molecular complexity index is 624. The molecule has 5 nitrogen and oxygen atoms in total. The molecule has 128 valence electrons. The van der Waals surface area contributed by atoms with E-state index in [1.807, 2.05) is 12.1 Å². The van der Waals surface area contributed by atoms with Gasteiger partial charge >= 0.3 is 0 Å². The van der Waals surface area contributed by atoms with E-state index in [9.17, 15) is 4.79 Å². The minimum atomic E-state index is -0.161. The number of nitrogens with one attached hydrogen (secondary N) is 1. The molecular weight excluding hydrogens is 304 g/mol. The molecule has 0 saturated carbocycles. The van der Waals surface area contributed by atoms with Crippen molar-refractivity contribution in [3.63, 3.8) is 0 Å². The summed E-state index contributed by atoms with van der Waals surface area (Å²) >= 11 is 0. The Morgan fingerprint density at radius 3 is 2.12 bits per heavy atom. The summed E-state index contributed by atoms with van der Waals surface area (Å²) in [6, 6.07) is 14.3. The number of carbonyl (C=O) groups excluding carboxylic acids is 1. The molecule has 0 fully saturated rings. The average molecular weight is 328 g/mol. The fraction of sp³-hybridized carbons (Fsp3) is 0.316. The first kappa shape index (κ1) is 17.8.